The maximum Gasteiger partial charge on any atom is 0.233 e. The van der Waals surface area contributed by atoms with E-state index < -0.39 is 0 Å². The number of rotatable bonds is 6. The Morgan fingerprint density at radius 2 is 1.71 bits per heavy atom. The maximum absolute atomic E-state index is 12.9. The second-order valence-electron chi connectivity index (χ2n) is 8.39. The molecule has 31 heavy (non-hydrogen) atoms. The lowest BCUT2D eigenvalue weighted by Gasteiger charge is -2.35. The summed E-state index contributed by atoms with van der Waals surface area (Å²) in [5, 5.41) is 10.2. The van der Waals surface area contributed by atoms with Crippen molar-refractivity contribution < 1.29 is 4.79 Å². The number of hydrogen-bond acceptors (Lipinski definition) is 4. The van der Waals surface area contributed by atoms with E-state index in [9.17, 15) is 4.79 Å². The molecule has 1 saturated heterocycles. The Balaban J connectivity index is 1.57. The minimum atomic E-state index is 0.164. The summed E-state index contributed by atoms with van der Waals surface area (Å²) in [4.78, 5) is 14.9. The lowest BCUT2D eigenvalue weighted by molar-refractivity contribution is -0.130. The van der Waals surface area contributed by atoms with Crippen LogP contribution in [0.2, 0.25) is 5.02 Å². The molecule has 5 nitrogen and oxygen atoms in total. The quantitative estimate of drug-likeness (QED) is 0.478. The fraction of sp³-hybridized carbons (Fsp3) is 0.375. The molecule has 4 rings (SSSR count). The number of nitrogens with zero attached hydrogens (tertiary/aromatic N) is 4. The van der Waals surface area contributed by atoms with E-state index in [1.54, 1.807) is 0 Å². The molecule has 0 N–H and O–H groups in total. The Labute approximate surface area is 192 Å². The van der Waals surface area contributed by atoms with Gasteiger partial charge in [0.15, 0.2) is 11.0 Å². The van der Waals surface area contributed by atoms with Gasteiger partial charge in [-0.25, -0.2) is 0 Å². The van der Waals surface area contributed by atoms with Crippen molar-refractivity contribution >= 4 is 29.3 Å². The zero-order chi connectivity index (χ0) is 21.8. The van der Waals surface area contributed by atoms with Gasteiger partial charge in [-0.15, -0.1) is 10.2 Å². The van der Waals surface area contributed by atoms with E-state index in [0.29, 0.717) is 35.0 Å². The molecule has 2 heterocycles. The molecule has 0 saturated carbocycles. The highest BCUT2D eigenvalue weighted by Gasteiger charge is 2.26. The average molecular weight is 455 g/mol. The van der Waals surface area contributed by atoms with Crippen LogP contribution in [0.25, 0.3) is 11.4 Å². The van der Waals surface area contributed by atoms with Crippen LogP contribution in [-0.4, -0.2) is 44.4 Å². The van der Waals surface area contributed by atoms with E-state index in [-0.39, 0.29) is 5.91 Å². The number of halogens is 1. The molecule has 1 aromatic heterocycles. The van der Waals surface area contributed by atoms with Crippen LogP contribution in [0.3, 0.4) is 0 Å². The molecule has 0 radical (unpaired) electrons. The number of thioether (sulfide) groups is 1. The Hall–Kier alpha value is -2.31. The first-order chi connectivity index (χ1) is 15.0. The van der Waals surface area contributed by atoms with Crippen LogP contribution >= 0.6 is 23.4 Å². The van der Waals surface area contributed by atoms with Crippen molar-refractivity contribution in [1.29, 1.82) is 0 Å². The first-order valence-corrected chi connectivity index (χ1v) is 12.0. The zero-order valence-corrected chi connectivity index (χ0v) is 19.4. The van der Waals surface area contributed by atoms with Gasteiger partial charge in [0.1, 0.15) is 0 Å². The predicted molar refractivity (Wildman–Crippen MR) is 126 cm³/mol. The van der Waals surface area contributed by atoms with E-state index in [2.05, 4.69) is 40.7 Å². The Morgan fingerprint density at radius 3 is 2.42 bits per heavy atom. The molecule has 0 aliphatic carbocycles. The molecule has 3 aromatic rings. The number of carbonyl (C=O) groups is 1. The molecule has 1 aliphatic rings. The fourth-order valence-electron chi connectivity index (χ4n) is 4.23. The Morgan fingerprint density at radius 1 is 1.03 bits per heavy atom. The second-order valence-corrected chi connectivity index (χ2v) is 9.74. The molecular weight excluding hydrogens is 428 g/mol. The van der Waals surface area contributed by atoms with Crippen LogP contribution in [0.4, 0.5) is 0 Å². The third-order valence-electron chi connectivity index (χ3n) is 5.56. The lowest BCUT2D eigenvalue weighted by Crippen LogP contribution is -2.43. The van der Waals surface area contributed by atoms with E-state index in [0.717, 1.165) is 29.4 Å². The van der Waals surface area contributed by atoms with Crippen molar-refractivity contribution in [2.45, 2.75) is 32.0 Å². The number of carbonyl (C=O) groups excluding carboxylic acids is 1. The summed E-state index contributed by atoms with van der Waals surface area (Å²) in [5.41, 5.74) is 1.98. The minimum absolute atomic E-state index is 0.164. The van der Waals surface area contributed by atoms with Gasteiger partial charge in [-0.2, -0.15) is 0 Å². The van der Waals surface area contributed by atoms with Gasteiger partial charge in [0, 0.05) is 18.7 Å². The SMILES string of the molecule is CC1CC(C)CN(C(=O)CSc2nnc(-c3ccccc3Cl)n2Cc2ccccc2)C1. The van der Waals surface area contributed by atoms with Crippen LogP contribution < -0.4 is 0 Å². The van der Waals surface area contributed by atoms with Crippen molar-refractivity contribution in [2.24, 2.45) is 11.8 Å². The van der Waals surface area contributed by atoms with Crippen molar-refractivity contribution in [1.82, 2.24) is 19.7 Å². The van der Waals surface area contributed by atoms with Gasteiger partial charge in [-0.3, -0.25) is 9.36 Å². The summed E-state index contributed by atoms with van der Waals surface area (Å²) >= 11 is 7.90. The van der Waals surface area contributed by atoms with Gasteiger partial charge in [0.25, 0.3) is 0 Å². The minimum Gasteiger partial charge on any atom is -0.341 e. The first-order valence-electron chi connectivity index (χ1n) is 10.6. The zero-order valence-electron chi connectivity index (χ0n) is 17.9. The summed E-state index contributed by atoms with van der Waals surface area (Å²) < 4.78 is 2.05. The summed E-state index contributed by atoms with van der Waals surface area (Å²) in [6, 6.07) is 17.8. The van der Waals surface area contributed by atoms with Gasteiger partial charge in [0.2, 0.25) is 5.91 Å². The van der Waals surface area contributed by atoms with E-state index >= 15 is 0 Å². The largest absolute Gasteiger partial charge is 0.341 e. The predicted octanol–water partition coefficient (Wildman–Crippen LogP) is 5.24. The molecule has 2 unspecified atom stereocenters. The number of benzene rings is 2. The molecule has 1 amide bonds. The highest BCUT2D eigenvalue weighted by Crippen LogP contribution is 2.30. The van der Waals surface area contributed by atoms with E-state index in [4.69, 9.17) is 11.6 Å². The van der Waals surface area contributed by atoms with Gasteiger partial charge in [-0.1, -0.05) is 79.7 Å². The van der Waals surface area contributed by atoms with Crippen LogP contribution in [0, 0.1) is 11.8 Å². The molecule has 2 aromatic carbocycles. The Kier molecular flexibility index (Phi) is 6.98. The van der Waals surface area contributed by atoms with Gasteiger partial charge >= 0.3 is 0 Å². The molecule has 0 bridgehead atoms. The lowest BCUT2D eigenvalue weighted by atomic mass is 9.92. The third-order valence-corrected chi connectivity index (χ3v) is 6.84. The van der Waals surface area contributed by atoms with Crippen molar-refractivity contribution in [2.75, 3.05) is 18.8 Å². The molecule has 7 heteroatoms. The van der Waals surface area contributed by atoms with E-state index in [1.807, 2.05) is 47.4 Å². The second kappa shape index (κ2) is 9.88. The number of piperidine rings is 1. The third kappa shape index (κ3) is 5.31. The van der Waals surface area contributed by atoms with Crippen molar-refractivity contribution in [3.63, 3.8) is 0 Å². The molecule has 1 fully saturated rings. The summed E-state index contributed by atoms with van der Waals surface area (Å²) in [6.07, 6.45) is 1.18. The molecule has 0 spiro atoms. The summed E-state index contributed by atoms with van der Waals surface area (Å²) in [7, 11) is 0. The van der Waals surface area contributed by atoms with Crippen LogP contribution in [0.5, 0.6) is 0 Å². The fourth-order valence-corrected chi connectivity index (χ4v) is 5.29. The van der Waals surface area contributed by atoms with Crippen molar-refractivity contribution in [3.8, 4) is 11.4 Å². The van der Waals surface area contributed by atoms with Gasteiger partial charge < -0.3 is 4.90 Å². The van der Waals surface area contributed by atoms with Crippen LogP contribution in [0.15, 0.2) is 59.8 Å². The summed E-state index contributed by atoms with van der Waals surface area (Å²) in [6.45, 7) is 6.73. The molecule has 2 atom stereocenters. The monoisotopic (exact) mass is 454 g/mol. The normalized spacial score (nSPS) is 18.9. The number of aromatic nitrogens is 3. The van der Waals surface area contributed by atoms with Gasteiger partial charge in [-0.05, 0) is 36.0 Å². The summed E-state index contributed by atoms with van der Waals surface area (Å²) in [5.74, 6) is 2.33. The molecular formula is C24H27ClN4OS. The van der Waals surface area contributed by atoms with Crippen LogP contribution in [0.1, 0.15) is 25.8 Å². The highest BCUT2D eigenvalue weighted by molar-refractivity contribution is 7.99. The topological polar surface area (TPSA) is 51.0 Å². The van der Waals surface area contributed by atoms with E-state index in [1.165, 1.54) is 18.2 Å². The first kappa shape index (κ1) is 21.9. The van der Waals surface area contributed by atoms with Crippen molar-refractivity contribution in [3.05, 3.63) is 65.2 Å². The van der Waals surface area contributed by atoms with Crippen LogP contribution in [-0.2, 0) is 11.3 Å². The number of hydrogen-bond donors (Lipinski definition) is 0. The Bertz CT molecular complexity index is 1030. The van der Waals surface area contributed by atoms with Gasteiger partial charge in [0.05, 0.1) is 17.3 Å². The number of amides is 1. The maximum atomic E-state index is 12.9. The molecule has 162 valence electrons. The highest BCUT2D eigenvalue weighted by atomic mass is 35.5. The average Bonchev–Trinajstić information content (AvgIpc) is 3.14. The standard InChI is InChI=1S/C24H27ClN4OS/c1-17-12-18(2)14-28(13-17)22(30)16-31-24-27-26-23(20-10-6-7-11-21(20)25)29(24)15-19-8-4-3-5-9-19/h3-11,17-18H,12-16H2,1-2H3. The molecule has 1 aliphatic heterocycles. The smallest absolute Gasteiger partial charge is 0.233 e. The number of likely N-dealkylation sites (tertiary alicyclic amines) is 1.